The van der Waals surface area contributed by atoms with Gasteiger partial charge in [-0.2, -0.15) is 0 Å². The Morgan fingerprint density at radius 2 is 1.84 bits per heavy atom. The minimum absolute atomic E-state index is 0.0198. The Labute approximate surface area is 219 Å². The minimum atomic E-state index is -0.811. The number of piperidine rings is 1. The van der Waals surface area contributed by atoms with Gasteiger partial charge < -0.3 is 25.4 Å². The number of esters is 1. The van der Waals surface area contributed by atoms with E-state index in [1.165, 1.54) is 18.2 Å². The molecule has 1 aromatic carbocycles. The van der Waals surface area contributed by atoms with Crippen molar-refractivity contribution < 1.29 is 28.2 Å². The SMILES string of the molecule is CC[C@H](NC(=O)OC(C)(C)C)C(=O)Nc1ccc(F)cc1N[C@@H]1CCCN(CCOC(=O)C(C)(C)C)C1. The summed E-state index contributed by atoms with van der Waals surface area (Å²) in [5.41, 5.74) is -0.336. The van der Waals surface area contributed by atoms with Crippen molar-refractivity contribution in [2.45, 2.75) is 85.4 Å². The van der Waals surface area contributed by atoms with Gasteiger partial charge >= 0.3 is 12.1 Å². The van der Waals surface area contributed by atoms with E-state index in [2.05, 4.69) is 20.9 Å². The molecule has 1 aromatic rings. The summed E-state index contributed by atoms with van der Waals surface area (Å²) in [6.07, 6.45) is 1.48. The number of carbonyl (C=O) groups excluding carboxylic acids is 3. The number of anilines is 2. The fraction of sp³-hybridized carbons (Fsp3) is 0.667. The van der Waals surface area contributed by atoms with Crippen LogP contribution in [0.4, 0.5) is 20.6 Å². The van der Waals surface area contributed by atoms with Crippen LogP contribution in [-0.2, 0) is 19.1 Å². The van der Waals surface area contributed by atoms with Gasteiger partial charge in [0.15, 0.2) is 0 Å². The monoisotopic (exact) mass is 522 g/mol. The summed E-state index contributed by atoms with van der Waals surface area (Å²) in [6, 6.07) is 3.34. The number of ether oxygens (including phenoxy) is 2. The second-order valence-electron chi connectivity index (χ2n) is 11.5. The Morgan fingerprint density at radius 1 is 1.14 bits per heavy atom. The van der Waals surface area contributed by atoms with Crippen molar-refractivity contribution in [1.29, 1.82) is 0 Å². The van der Waals surface area contributed by atoms with Crippen molar-refractivity contribution in [2.24, 2.45) is 5.41 Å². The Balaban J connectivity index is 2.00. The zero-order chi connectivity index (χ0) is 27.8. The van der Waals surface area contributed by atoms with Crippen LogP contribution in [0.3, 0.4) is 0 Å². The first-order valence-corrected chi connectivity index (χ1v) is 12.9. The molecule has 0 aromatic heterocycles. The van der Waals surface area contributed by atoms with Gasteiger partial charge in [0.1, 0.15) is 24.1 Å². The maximum Gasteiger partial charge on any atom is 0.408 e. The molecule has 0 radical (unpaired) electrons. The highest BCUT2D eigenvalue weighted by atomic mass is 19.1. The standard InChI is InChI=1S/C27H43FN4O5/c1-8-20(31-25(35)37-27(5,6)7)23(33)30-21-12-11-18(28)16-22(21)29-19-10-9-13-32(17-19)14-15-36-24(34)26(2,3)4/h11-12,16,19-20,29H,8-10,13-15,17H2,1-7H3,(H,30,33)(H,31,35)/t19-,20+/m1/s1. The number of nitrogens with zero attached hydrogens (tertiary/aromatic N) is 1. The first-order chi connectivity index (χ1) is 17.2. The lowest BCUT2D eigenvalue weighted by atomic mass is 9.97. The van der Waals surface area contributed by atoms with E-state index in [1.54, 1.807) is 27.7 Å². The molecule has 2 amide bonds. The highest BCUT2D eigenvalue weighted by molar-refractivity contribution is 5.99. The number of benzene rings is 1. The molecule has 10 heteroatoms. The van der Waals surface area contributed by atoms with Crippen LogP contribution >= 0.6 is 0 Å². The third-order valence-corrected chi connectivity index (χ3v) is 5.77. The van der Waals surface area contributed by atoms with E-state index >= 15 is 0 Å². The largest absolute Gasteiger partial charge is 0.464 e. The summed E-state index contributed by atoms with van der Waals surface area (Å²) in [5, 5.41) is 8.76. The van der Waals surface area contributed by atoms with Gasteiger partial charge in [-0.1, -0.05) is 6.92 Å². The molecule has 0 unspecified atom stereocenters. The maximum atomic E-state index is 14.1. The van der Waals surface area contributed by atoms with Gasteiger partial charge in [-0.05, 0) is 85.5 Å². The van der Waals surface area contributed by atoms with Crippen LogP contribution in [0.25, 0.3) is 0 Å². The van der Waals surface area contributed by atoms with E-state index in [0.29, 0.717) is 37.5 Å². The molecule has 208 valence electrons. The molecule has 2 atom stereocenters. The molecule has 1 saturated heterocycles. The number of hydrogen-bond donors (Lipinski definition) is 3. The lowest BCUT2D eigenvalue weighted by Gasteiger charge is -2.34. The van der Waals surface area contributed by atoms with Gasteiger partial charge in [0.25, 0.3) is 0 Å². The molecular weight excluding hydrogens is 479 g/mol. The van der Waals surface area contributed by atoms with Gasteiger partial charge in [0.2, 0.25) is 5.91 Å². The third-order valence-electron chi connectivity index (χ3n) is 5.77. The molecule has 0 spiro atoms. The predicted octanol–water partition coefficient (Wildman–Crippen LogP) is 4.53. The summed E-state index contributed by atoms with van der Waals surface area (Å²) in [6.45, 7) is 15.0. The summed E-state index contributed by atoms with van der Waals surface area (Å²) < 4.78 is 24.8. The molecular formula is C27H43FN4O5. The van der Waals surface area contributed by atoms with Crippen LogP contribution in [0.2, 0.25) is 0 Å². The Bertz CT molecular complexity index is 942. The molecule has 1 aliphatic heterocycles. The topological polar surface area (TPSA) is 109 Å². The second-order valence-corrected chi connectivity index (χ2v) is 11.5. The molecule has 3 N–H and O–H groups in total. The zero-order valence-corrected chi connectivity index (χ0v) is 23.2. The number of nitrogens with one attached hydrogen (secondary N) is 3. The highest BCUT2D eigenvalue weighted by Crippen LogP contribution is 2.26. The average Bonchev–Trinajstić information content (AvgIpc) is 2.77. The average molecular weight is 523 g/mol. The normalized spacial score (nSPS) is 17.5. The second kappa shape index (κ2) is 13.1. The zero-order valence-electron chi connectivity index (χ0n) is 23.2. The quantitative estimate of drug-likeness (QED) is 0.409. The lowest BCUT2D eigenvalue weighted by molar-refractivity contribution is -0.153. The van der Waals surface area contributed by atoms with Crippen LogP contribution in [0.15, 0.2) is 18.2 Å². The van der Waals surface area contributed by atoms with Crippen LogP contribution in [0.1, 0.15) is 67.7 Å². The van der Waals surface area contributed by atoms with Crippen LogP contribution < -0.4 is 16.0 Å². The first-order valence-electron chi connectivity index (χ1n) is 12.9. The van der Waals surface area contributed by atoms with E-state index in [1.807, 2.05) is 20.8 Å². The predicted molar refractivity (Wildman–Crippen MR) is 142 cm³/mol. The number of alkyl carbamates (subject to hydrolysis) is 1. The molecule has 0 saturated carbocycles. The fourth-order valence-electron chi connectivity index (χ4n) is 3.85. The number of rotatable bonds is 9. The number of amides is 2. The summed E-state index contributed by atoms with van der Waals surface area (Å²) in [4.78, 5) is 39.3. The van der Waals surface area contributed by atoms with Crippen molar-refractivity contribution in [1.82, 2.24) is 10.2 Å². The van der Waals surface area contributed by atoms with Gasteiger partial charge in [-0.15, -0.1) is 0 Å². The lowest BCUT2D eigenvalue weighted by Crippen LogP contribution is -2.45. The maximum absolute atomic E-state index is 14.1. The van der Waals surface area contributed by atoms with E-state index in [9.17, 15) is 18.8 Å². The Kier molecular flexibility index (Phi) is 10.7. The smallest absolute Gasteiger partial charge is 0.408 e. The van der Waals surface area contributed by atoms with Gasteiger partial charge in [-0.3, -0.25) is 14.5 Å². The van der Waals surface area contributed by atoms with E-state index in [0.717, 1.165) is 19.4 Å². The number of hydrogen-bond acceptors (Lipinski definition) is 7. The van der Waals surface area contributed by atoms with Gasteiger partial charge in [0.05, 0.1) is 16.8 Å². The van der Waals surface area contributed by atoms with Crippen molar-refractivity contribution >= 4 is 29.3 Å². The highest BCUT2D eigenvalue weighted by Gasteiger charge is 2.26. The van der Waals surface area contributed by atoms with Crippen molar-refractivity contribution in [2.75, 3.05) is 36.9 Å². The number of likely N-dealkylation sites (tertiary alicyclic amines) is 1. The molecule has 2 rings (SSSR count). The van der Waals surface area contributed by atoms with E-state index in [-0.39, 0.29) is 12.0 Å². The molecule has 1 heterocycles. The van der Waals surface area contributed by atoms with Crippen molar-refractivity contribution in [3.05, 3.63) is 24.0 Å². The fourth-order valence-corrected chi connectivity index (χ4v) is 3.85. The molecule has 0 bridgehead atoms. The molecule has 9 nitrogen and oxygen atoms in total. The number of halogens is 1. The third kappa shape index (κ3) is 10.6. The van der Waals surface area contributed by atoms with Crippen LogP contribution in [0, 0.1) is 11.2 Å². The van der Waals surface area contributed by atoms with E-state index in [4.69, 9.17) is 9.47 Å². The molecule has 0 aliphatic carbocycles. The number of carbonyl (C=O) groups is 3. The Morgan fingerprint density at radius 3 is 2.46 bits per heavy atom. The summed E-state index contributed by atoms with van der Waals surface area (Å²) >= 11 is 0. The molecule has 37 heavy (non-hydrogen) atoms. The summed E-state index contributed by atoms with van der Waals surface area (Å²) in [7, 11) is 0. The first kappa shape index (κ1) is 30.3. The minimum Gasteiger partial charge on any atom is -0.464 e. The van der Waals surface area contributed by atoms with Gasteiger partial charge in [-0.25, -0.2) is 9.18 Å². The summed E-state index contributed by atoms with van der Waals surface area (Å²) in [5.74, 6) is -1.08. The molecule has 1 aliphatic rings. The van der Waals surface area contributed by atoms with E-state index < -0.39 is 34.9 Å². The molecule has 1 fully saturated rings. The van der Waals surface area contributed by atoms with Crippen LogP contribution in [-0.4, -0.2) is 66.8 Å². The van der Waals surface area contributed by atoms with Gasteiger partial charge in [0, 0.05) is 19.1 Å². The van der Waals surface area contributed by atoms with Crippen molar-refractivity contribution in [3.63, 3.8) is 0 Å². The Hall–Kier alpha value is -2.88. The van der Waals surface area contributed by atoms with Crippen LogP contribution in [0.5, 0.6) is 0 Å². The van der Waals surface area contributed by atoms with Crippen molar-refractivity contribution in [3.8, 4) is 0 Å².